The van der Waals surface area contributed by atoms with Gasteiger partial charge in [0.2, 0.25) is 5.95 Å². The number of rotatable bonds is 4. The maximum Gasteiger partial charge on any atom is 0.323 e. The summed E-state index contributed by atoms with van der Waals surface area (Å²) in [6.45, 7) is 1.87. The van der Waals surface area contributed by atoms with Crippen LogP contribution in [0.25, 0.3) is 0 Å². The lowest BCUT2D eigenvalue weighted by Gasteiger charge is -2.21. The third kappa shape index (κ3) is 4.13. The van der Waals surface area contributed by atoms with Gasteiger partial charge in [0.25, 0.3) is 0 Å². The fraction of sp³-hybridized carbons (Fsp3) is 0.353. The van der Waals surface area contributed by atoms with Gasteiger partial charge >= 0.3 is 6.03 Å². The molecule has 1 aliphatic heterocycles. The second kappa shape index (κ2) is 7.74. The SMILES string of the molecule is CN(C)c1nc(N2CCCC2)ncc1NC(=O)Nc1ccc(F)c(Cl)c1. The zero-order valence-electron chi connectivity index (χ0n) is 14.6. The van der Waals surface area contributed by atoms with Gasteiger partial charge in [0, 0.05) is 32.9 Å². The molecule has 9 heteroatoms. The molecule has 3 rings (SSSR count). The largest absolute Gasteiger partial charge is 0.361 e. The van der Waals surface area contributed by atoms with E-state index >= 15 is 0 Å². The highest BCUT2D eigenvalue weighted by molar-refractivity contribution is 6.31. The van der Waals surface area contributed by atoms with E-state index in [1.165, 1.54) is 18.2 Å². The zero-order chi connectivity index (χ0) is 18.7. The number of benzene rings is 1. The molecule has 1 aromatic carbocycles. The predicted octanol–water partition coefficient (Wildman–Crippen LogP) is 3.58. The zero-order valence-corrected chi connectivity index (χ0v) is 15.3. The van der Waals surface area contributed by atoms with Gasteiger partial charge < -0.3 is 20.4 Å². The van der Waals surface area contributed by atoms with Crippen molar-refractivity contribution in [2.24, 2.45) is 0 Å². The van der Waals surface area contributed by atoms with Crippen LogP contribution in [0.4, 0.5) is 32.3 Å². The topological polar surface area (TPSA) is 73.4 Å². The Bertz CT molecular complexity index is 810. The standard InChI is InChI=1S/C17H20ClFN6O/c1-24(2)15-14(10-20-16(23-15)25-7-3-4-8-25)22-17(26)21-11-5-6-13(19)12(18)9-11/h5-6,9-10H,3-4,7-8H2,1-2H3,(H2,21,22,26). The average Bonchev–Trinajstić information content (AvgIpc) is 3.13. The van der Waals surface area contributed by atoms with Crippen LogP contribution in [-0.4, -0.2) is 43.2 Å². The molecule has 2 amide bonds. The minimum Gasteiger partial charge on any atom is -0.361 e. The number of aromatic nitrogens is 2. The molecule has 7 nitrogen and oxygen atoms in total. The van der Waals surface area contributed by atoms with Gasteiger partial charge in [-0.25, -0.2) is 14.2 Å². The van der Waals surface area contributed by atoms with Crippen LogP contribution in [0.3, 0.4) is 0 Å². The van der Waals surface area contributed by atoms with Crippen LogP contribution in [0.2, 0.25) is 5.02 Å². The molecule has 138 valence electrons. The second-order valence-corrected chi connectivity index (χ2v) is 6.61. The van der Waals surface area contributed by atoms with Crippen molar-refractivity contribution in [3.63, 3.8) is 0 Å². The minimum absolute atomic E-state index is 0.0601. The number of urea groups is 1. The lowest BCUT2D eigenvalue weighted by molar-refractivity contribution is 0.262. The third-order valence-corrected chi connectivity index (χ3v) is 4.28. The maximum absolute atomic E-state index is 13.2. The van der Waals surface area contributed by atoms with Crippen molar-refractivity contribution >= 4 is 40.8 Å². The Balaban J connectivity index is 1.75. The molecule has 1 aliphatic rings. The predicted molar refractivity (Wildman–Crippen MR) is 102 cm³/mol. The molecule has 0 saturated carbocycles. The lowest BCUT2D eigenvalue weighted by Crippen LogP contribution is -2.25. The van der Waals surface area contributed by atoms with Crippen molar-refractivity contribution in [1.29, 1.82) is 0 Å². The molecule has 0 radical (unpaired) electrons. The Morgan fingerprint density at radius 2 is 2.00 bits per heavy atom. The summed E-state index contributed by atoms with van der Waals surface area (Å²) in [6.07, 6.45) is 3.85. The first-order chi connectivity index (χ1) is 12.4. The normalized spacial score (nSPS) is 13.6. The molecule has 1 fully saturated rings. The molecule has 0 aliphatic carbocycles. The third-order valence-electron chi connectivity index (χ3n) is 3.99. The second-order valence-electron chi connectivity index (χ2n) is 6.20. The number of halogens is 2. The number of amides is 2. The molecule has 0 bridgehead atoms. The fourth-order valence-corrected chi connectivity index (χ4v) is 2.90. The van der Waals surface area contributed by atoms with Gasteiger partial charge in [-0.1, -0.05) is 11.6 Å². The quantitative estimate of drug-likeness (QED) is 0.850. The fourth-order valence-electron chi connectivity index (χ4n) is 2.72. The van der Waals surface area contributed by atoms with Crippen molar-refractivity contribution in [1.82, 2.24) is 9.97 Å². The summed E-state index contributed by atoms with van der Waals surface area (Å²) in [6, 6.07) is 3.47. The van der Waals surface area contributed by atoms with Gasteiger partial charge in [-0.2, -0.15) is 4.98 Å². The molecule has 0 unspecified atom stereocenters. The first-order valence-corrected chi connectivity index (χ1v) is 8.64. The summed E-state index contributed by atoms with van der Waals surface area (Å²) >= 11 is 5.73. The molecule has 0 atom stereocenters. The summed E-state index contributed by atoms with van der Waals surface area (Å²) in [7, 11) is 3.69. The van der Waals surface area contributed by atoms with Crippen LogP contribution in [0.5, 0.6) is 0 Å². The van der Waals surface area contributed by atoms with Crippen LogP contribution >= 0.6 is 11.6 Å². The summed E-state index contributed by atoms with van der Waals surface area (Å²) < 4.78 is 13.2. The van der Waals surface area contributed by atoms with E-state index in [1.807, 2.05) is 19.0 Å². The van der Waals surface area contributed by atoms with Crippen LogP contribution in [0.15, 0.2) is 24.4 Å². The van der Waals surface area contributed by atoms with Crippen molar-refractivity contribution < 1.29 is 9.18 Å². The monoisotopic (exact) mass is 378 g/mol. The van der Waals surface area contributed by atoms with Crippen molar-refractivity contribution in [2.75, 3.05) is 47.6 Å². The van der Waals surface area contributed by atoms with Gasteiger partial charge in [-0.3, -0.25) is 0 Å². The Kier molecular flexibility index (Phi) is 5.41. The first-order valence-electron chi connectivity index (χ1n) is 8.26. The molecule has 1 aromatic heterocycles. The highest BCUT2D eigenvalue weighted by Crippen LogP contribution is 2.26. The molecule has 0 spiro atoms. The molecule has 2 N–H and O–H groups in total. The Morgan fingerprint density at radius 3 is 2.65 bits per heavy atom. The number of hydrogen-bond donors (Lipinski definition) is 2. The Hall–Kier alpha value is -2.61. The number of carbonyl (C=O) groups excluding carboxylic acids is 1. The van der Waals surface area contributed by atoms with E-state index in [4.69, 9.17) is 11.6 Å². The minimum atomic E-state index is -0.543. The summed E-state index contributed by atoms with van der Waals surface area (Å²) in [5.41, 5.74) is 0.860. The molecule has 2 heterocycles. The molecular formula is C17H20ClFN6O. The summed E-state index contributed by atoms with van der Waals surface area (Å²) in [5, 5.41) is 5.27. The average molecular weight is 379 g/mol. The summed E-state index contributed by atoms with van der Waals surface area (Å²) in [4.78, 5) is 25.1. The van der Waals surface area contributed by atoms with E-state index < -0.39 is 11.8 Å². The van der Waals surface area contributed by atoms with Gasteiger partial charge in [0.1, 0.15) is 11.5 Å². The molecule has 1 saturated heterocycles. The van der Waals surface area contributed by atoms with Gasteiger partial charge in [0.15, 0.2) is 5.82 Å². The van der Waals surface area contributed by atoms with Crippen molar-refractivity contribution in [2.45, 2.75) is 12.8 Å². The number of nitrogens with one attached hydrogen (secondary N) is 2. The van der Waals surface area contributed by atoms with E-state index in [9.17, 15) is 9.18 Å². The number of hydrogen-bond acceptors (Lipinski definition) is 5. The van der Waals surface area contributed by atoms with E-state index in [0.717, 1.165) is 25.9 Å². The van der Waals surface area contributed by atoms with Crippen molar-refractivity contribution in [3.05, 3.63) is 35.2 Å². The van der Waals surface area contributed by atoms with Crippen LogP contribution in [0.1, 0.15) is 12.8 Å². The van der Waals surface area contributed by atoms with Crippen LogP contribution in [-0.2, 0) is 0 Å². The lowest BCUT2D eigenvalue weighted by atomic mass is 10.3. The van der Waals surface area contributed by atoms with E-state index in [0.29, 0.717) is 23.1 Å². The molecular weight excluding hydrogens is 359 g/mol. The van der Waals surface area contributed by atoms with E-state index in [2.05, 4.69) is 25.5 Å². The number of carbonyl (C=O) groups is 1. The van der Waals surface area contributed by atoms with Crippen LogP contribution < -0.4 is 20.4 Å². The Morgan fingerprint density at radius 1 is 1.27 bits per heavy atom. The number of anilines is 4. The highest BCUT2D eigenvalue weighted by atomic mass is 35.5. The summed E-state index contributed by atoms with van der Waals surface area (Å²) in [5.74, 6) is 0.718. The van der Waals surface area contributed by atoms with Gasteiger partial charge in [-0.15, -0.1) is 0 Å². The number of nitrogens with zero attached hydrogens (tertiary/aromatic N) is 4. The van der Waals surface area contributed by atoms with Crippen molar-refractivity contribution in [3.8, 4) is 0 Å². The van der Waals surface area contributed by atoms with Gasteiger partial charge in [0.05, 0.1) is 11.2 Å². The van der Waals surface area contributed by atoms with Gasteiger partial charge in [-0.05, 0) is 31.0 Å². The Labute approximate surface area is 156 Å². The molecule has 2 aromatic rings. The smallest absolute Gasteiger partial charge is 0.323 e. The van der Waals surface area contributed by atoms with Crippen LogP contribution in [0, 0.1) is 5.82 Å². The molecule has 26 heavy (non-hydrogen) atoms. The first kappa shape index (κ1) is 18.2. The van der Waals surface area contributed by atoms with E-state index in [1.54, 1.807) is 6.20 Å². The maximum atomic E-state index is 13.2. The van der Waals surface area contributed by atoms with E-state index in [-0.39, 0.29) is 5.02 Å². The highest BCUT2D eigenvalue weighted by Gasteiger charge is 2.18.